The summed E-state index contributed by atoms with van der Waals surface area (Å²) in [6.45, 7) is -0.328. The normalized spacial score (nSPS) is 43.1. The Kier molecular flexibility index (Phi) is 15.3. The number of aliphatic hydroxyl groups excluding tert-OH is 5. The summed E-state index contributed by atoms with van der Waals surface area (Å²) in [6.07, 6.45) is -24.0. The SMILES string of the molecule is C[C@H]1[C@H](F)[C@@H](N=[N+]=[N-])[C@@H](O[C@H]2[C@H](O[C@@H]3O[C@H](CO)[C@@H](O[C@H]4O[C@@H](CN=[N+]=[N-])[C@@H](O)[C@H](O)[C@H]4N=[N+]=[N-])[C@H]3O)[C@@H](O)[C@H](N=[N+]=[N-])C[C@@H]2N=[N+]=[N-])O[C@@H]1CN=[N+]=[N-]. The monoisotopic (exact) mass is 770 g/mol. The van der Waals surface area contributed by atoms with Crippen molar-refractivity contribution in [1.29, 1.82) is 0 Å². The zero-order valence-electron chi connectivity index (χ0n) is 27.9. The first-order valence-corrected chi connectivity index (χ1v) is 16.1. The van der Waals surface area contributed by atoms with Gasteiger partial charge in [0.05, 0.1) is 62.3 Å². The highest BCUT2D eigenvalue weighted by Gasteiger charge is 2.55. The molecule has 30 heteroatoms. The summed E-state index contributed by atoms with van der Waals surface area (Å²) in [6, 6.07) is -6.05. The first kappa shape index (κ1) is 42.1. The lowest BCUT2D eigenvalue weighted by atomic mass is 9.84. The van der Waals surface area contributed by atoms with Crippen LogP contribution in [0, 0.1) is 5.92 Å². The Morgan fingerprint density at radius 3 is 1.72 bits per heavy atom. The molecular weight excluding hydrogens is 735 g/mol. The number of nitrogens with zero attached hydrogens (tertiary/aromatic N) is 18. The van der Waals surface area contributed by atoms with Gasteiger partial charge in [0.2, 0.25) is 0 Å². The van der Waals surface area contributed by atoms with Crippen molar-refractivity contribution in [2.24, 2.45) is 36.6 Å². The van der Waals surface area contributed by atoms with Crippen LogP contribution in [0.2, 0.25) is 0 Å². The van der Waals surface area contributed by atoms with E-state index in [0.29, 0.717) is 0 Å². The third-order valence-corrected chi connectivity index (χ3v) is 9.35. The molecular formula is C24H35FN18O11. The van der Waals surface area contributed by atoms with E-state index < -0.39 is 129 Å². The fraction of sp³-hybridized carbons (Fsp3) is 1.00. The minimum Gasteiger partial charge on any atom is -0.394 e. The molecule has 0 aromatic heterocycles. The standard InChI is InChI=1S/C24H35FN18O11/c1-6-9(3-32-38-26)49-22(13(12(6)25)36-42-30)52-19-8(35-41-29)2-7(34-40-28)15(45)21(19)54-24-18(48)20(11(5-44)51-24)53-23-14(37-43-31)17(47)16(46)10(50-23)4-33-39-27/h6-24,44-48H,2-5H2,1H3/t6-,7-,8+,9-,10+,11-,12+,13-,14-,15+,16-,17-,18-,19-,20-,21-,22-,23-,24+/m1/s1. The second-order valence-electron chi connectivity index (χ2n) is 12.4. The van der Waals surface area contributed by atoms with E-state index in [4.69, 9.17) is 45.0 Å². The van der Waals surface area contributed by atoms with Gasteiger partial charge in [-0.3, -0.25) is 0 Å². The van der Waals surface area contributed by atoms with E-state index in [9.17, 15) is 42.1 Å². The summed E-state index contributed by atoms with van der Waals surface area (Å²) in [7, 11) is 0. The van der Waals surface area contributed by atoms with E-state index in [0.717, 1.165) is 0 Å². The minimum absolute atomic E-state index is 0.361. The van der Waals surface area contributed by atoms with Crippen molar-refractivity contribution >= 4 is 0 Å². The lowest BCUT2D eigenvalue weighted by molar-refractivity contribution is -0.297. The summed E-state index contributed by atoms with van der Waals surface area (Å²) < 4.78 is 50.6. The molecule has 0 radical (unpaired) electrons. The molecule has 1 saturated carbocycles. The predicted octanol–water partition coefficient (Wildman–Crippen LogP) is 1.47. The van der Waals surface area contributed by atoms with Gasteiger partial charge >= 0.3 is 0 Å². The van der Waals surface area contributed by atoms with Gasteiger partial charge in [-0.1, -0.05) is 37.6 Å². The van der Waals surface area contributed by atoms with E-state index in [1.165, 1.54) is 6.92 Å². The molecule has 54 heavy (non-hydrogen) atoms. The number of halogens is 1. The minimum atomic E-state index is -1.93. The van der Waals surface area contributed by atoms with Crippen molar-refractivity contribution in [2.75, 3.05) is 19.7 Å². The van der Waals surface area contributed by atoms with Crippen LogP contribution in [0.25, 0.3) is 62.7 Å². The van der Waals surface area contributed by atoms with Crippen LogP contribution in [0.3, 0.4) is 0 Å². The molecule has 0 bridgehead atoms. The van der Waals surface area contributed by atoms with Crippen LogP contribution in [-0.4, -0.2) is 155 Å². The second kappa shape index (κ2) is 19.6. The van der Waals surface area contributed by atoms with Crippen LogP contribution in [0.1, 0.15) is 13.3 Å². The fourth-order valence-corrected chi connectivity index (χ4v) is 6.58. The summed E-state index contributed by atoms with van der Waals surface area (Å²) in [5.74, 6) is -0.975. The molecule has 0 spiro atoms. The number of rotatable bonds is 15. The van der Waals surface area contributed by atoms with Gasteiger partial charge in [0.25, 0.3) is 0 Å². The molecule has 0 unspecified atom stereocenters. The number of ether oxygens (including phenoxy) is 6. The molecule has 3 aliphatic heterocycles. The Bertz CT molecular complexity index is 1600. The third-order valence-electron chi connectivity index (χ3n) is 9.35. The fourth-order valence-electron chi connectivity index (χ4n) is 6.58. The van der Waals surface area contributed by atoms with Crippen LogP contribution in [0.5, 0.6) is 0 Å². The van der Waals surface area contributed by atoms with Crippen molar-refractivity contribution in [3.05, 3.63) is 62.7 Å². The highest BCUT2D eigenvalue weighted by Crippen LogP contribution is 2.39. The lowest BCUT2D eigenvalue weighted by Gasteiger charge is -2.47. The van der Waals surface area contributed by atoms with E-state index in [-0.39, 0.29) is 13.0 Å². The van der Waals surface area contributed by atoms with Gasteiger partial charge in [0, 0.05) is 35.4 Å². The Labute approximate surface area is 301 Å². The molecule has 5 N–H and O–H groups in total. The Hall–Kier alpha value is -4.65. The Balaban J connectivity index is 1.67. The molecule has 3 saturated heterocycles. The zero-order valence-corrected chi connectivity index (χ0v) is 27.9. The maximum atomic E-state index is 15.6. The number of alkyl halides is 1. The number of hydrogen-bond acceptors (Lipinski definition) is 17. The molecule has 294 valence electrons. The van der Waals surface area contributed by atoms with E-state index >= 15 is 4.39 Å². The van der Waals surface area contributed by atoms with Gasteiger partial charge in [-0.2, -0.15) is 0 Å². The van der Waals surface area contributed by atoms with E-state index in [2.05, 4.69) is 60.2 Å². The largest absolute Gasteiger partial charge is 0.394 e. The zero-order chi connectivity index (χ0) is 39.5. The van der Waals surface area contributed by atoms with Crippen LogP contribution in [0.4, 0.5) is 4.39 Å². The molecule has 1 aliphatic carbocycles. The van der Waals surface area contributed by atoms with Gasteiger partial charge in [0.1, 0.15) is 48.8 Å². The van der Waals surface area contributed by atoms with E-state index in [1.54, 1.807) is 0 Å². The molecule has 4 aliphatic rings. The van der Waals surface area contributed by atoms with Crippen molar-refractivity contribution in [3.8, 4) is 0 Å². The summed E-state index contributed by atoms with van der Waals surface area (Å²) in [5.41, 5.74) is 54.4. The third kappa shape index (κ3) is 9.17. The molecule has 29 nitrogen and oxygen atoms in total. The summed E-state index contributed by atoms with van der Waals surface area (Å²) in [5, 5.41) is 74.8. The maximum absolute atomic E-state index is 15.6. The molecule has 0 aromatic rings. The average molecular weight is 771 g/mol. The van der Waals surface area contributed by atoms with Crippen LogP contribution in [0.15, 0.2) is 30.7 Å². The first-order chi connectivity index (χ1) is 26.0. The van der Waals surface area contributed by atoms with Crippen LogP contribution in [-0.2, 0) is 28.4 Å². The highest BCUT2D eigenvalue weighted by molar-refractivity contribution is 5.04. The Morgan fingerprint density at radius 2 is 1.11 bits per heavy atom. The van der Waals surface area contributed by atoms with E-state index in [1.807, 2.05) is 0 Å². The summed E-state index contributed by atoms with van der Waals surface area (Å²) >= 11 is 0. The molecule has 4 rings (SSSR count). The Morgan fingerprint density at radius 1 is 0.593 bits per heavy atom. The highest BCUT2D eigenvalue weighted by atomic mass is 19.1. The number of aliphatic hydroxyl groups is 5. The van der Waals surface area contributed by atoms with Crippen LogP contribution >= 0.6 is 0 Å². The van der Waals surface area contributed by atoms with Crippen molar-refractivity contribution in [2.45, 2.75) is 124 Å². The molecule has 0 aromatic carbocycles. The average Bonchev–Trinajstić information content (AvgIpc) is 3.45. The quantitative estimate of drug-likeness (QED) is 0.0901. The number of hydrogen-bond donors (Lipinski definition) is 5. The van der Waals surface area contributed by atoms with Gasteiger partial charge in [-0.05, 0) is 39.6 Å². The first-order valence-electron chi connectivity index (χ1n) is 16.1. The van der Waals surface area contributed by atoms with Gasteiger partial charge in [-0.25, -0.2) is 4.39 Å². The van der Waals surface area contributed by atoms with Crippen molar-refractivity contribution in [3.63, 3.8) is 0 Å². The maximum Gasteiger partial charge on any atom is 0.187 e. The molecule has 3 heterocycles. The number of azide groups is 6. The predicted molar refractivity (Wildman–Crippen MR) is 170 cm³/mol. The van der Waals surface area contributed by atoms with Gasteiger partial charge < -0.3 is 54.0 Å². The van der Waals surface area contributed by atoms with Crippen molar-refractivity contribution < 1.29 is 58.3 Å². The van der Waals surface area contributed by atoms with Crippen molar-refractivity contribution in [1.82, 2.24) is 0 Å². The van der Waals surface area contributed by atoms with Gasteiger partial charge in [0.15, 0.2) is 18.9 Å². The molecule has 4 fully saturated rings. The van der Waals surface area contributed by atoms with Gasteiger partial charge in [-0.15, -0.1) is 0 Å². The summed E-state index contributed by atoms with van der Waals surface area (Å²) in [4.78, 5) is 16.0. The second-order valence-corrected chi connectivity index (χ2v) is 12.4. The topological polar surface area (TPSA) is 449 Å². The molecule has 0 amide bonds. The lowest BCUT2D eigenvalue weighted by Crippen LogP contribution is -2.62. The smallest absolute Gasteiger partial charge is 0.187 e. The van der Waals surface area contributed by atoms with Crippen LogP contribution < -0.4 is 0 Å². The molecule has 19 atom stereocenters.